The molecule has 0 saturated carbocycles. The molecule has 1 aliphatic rings. The number of hydrazone groups is 1. The molecule has 1 heterocycles. The normalized spacial score (nSPS) is 14.6. The van der Waals surface area contributed by atoms with E-state index in [1.807, 2.05) is 30.3 Å². The number of carbonyl (C=O) groups excluding carboxylic acids is 1. The highest BCUT2D eigenvalue weighted by Gasteiger charge is 2.27. The van der Waals surface area contributed by atoms with Crippen molar-refractivity contribution in [2.75, 3.05) is 5.01 Å². The van der Waals surface area contributed by atoms with Crippen molar-refractivity contribution in [3.8, 4) is 5.75 Å². The second-order valence-corrected chi connectivity index (χ2v) is 4.81. The Hall–Kier alpha value is -2.33. The van der Waals surface area contributed by atoms with E-state index in [2.05, 4.69) is 5.10 Å². The van der Waals surface area contributed by atoms with Crippen LogP contribution in [0.1, 0.15) is 12.0 Å². The van der Waals surface area contributed by atoms with Gasteiger partial charge in [0, 0.05) is 5.56 Å². The van der Waals surface area contributed by atoms with Gasteiger partial charge in [-0.2, -0.15) is 5.10 Å². The van der Waals surface area contributed by atoms with Gasteiger partial charge in [0.1, 0.15) is 5.75 Å². The minimum atomic E-state index is -0.134. The molecule has 4 nitrogen and oxygen atoms in total. The number of nitrogens with zero attached hydrogens (tertiary/aromatic N) is 2. The number of benzene rings is 2. The molecule has 100 valence electrons. The van der Waals surface area contributed by atoms with Crippen LogP contribution in [0.5, 0.6) is 5.75 Å². The number of anilines is 1. The predicted octanol–water partition coefficient (Wildman–Crippen LogP) is 3.19. The number of carbonyl (C=O) groups is 1. The fourth-order valence-electron chi connectivity index (χ4n) is 2.10. The number of para-hydroxylation sites is 2. The first-order valence-electron chi connectivity index (χ1n) is 6.10. The Morgan fingerprint density at radius 1 is 1.10 bits per heavy atom. The summed E-state index contributed by atoms with van der Waals surface area (Å²) in [5, 5.41) is 15.8. The van der Waals surface area contributed by atoms with Gasteiger partial charge in [-0.1, -0.05) is 35.9 Å². The fourth-order valence-corrected chi connectivity index (χ4v) is 2.27. The third kappa shape index (κ3) is 2.14. The van der Waals surface area contributed by atoms with Crippen molar-refractivity contribution in [1.82, 2.24) is 0 Å². The first kappa shape index (κ1) is 12.7. The Balaban J connectivity index is 2.01. The van der Waals surface area contributed by atoms with Crippen LogP contribution in [0.3, 0.4) is 0 Å². The maximum Gasteiger partial charge on any atom is 0.253 e. The summed E-state index contributed by atoms with van der Waals surface area (Å²) in [6, 6.07) is 14.2. The van der Waals surface area contributed by atoms with Crippen LogP contribution in [0.2, 0.25) is 5.02 Å². The maximum atomic E-state index is 12.1. The summed E-state index contributed by atoms with van der Waals surface area (Å²) in [4.78, 5) is 12.1. The highest BCUT2D eigenvalue weighted by Crippen LogP contribution is 2.31. The third-order valence-corrected chi connectivity index (χ3v) is 3.38. The molecule has 3 rings (SSSR count). The Kier molecular flexibility index (Phi) is 3.16. The van der Waals surface area contributed by atoms with Gasteiger partial charge in [0.25, 0.3) is 5.91 Å². The summed E-state index contributed by atoms with van der Waals surface area (Å²) in [7, 11) is 0. The maximum absolute atomic E-state index is 12.1. The first-order chi connectivity index (χ1) is 9.66. The van der Waals surface area contributed by atoms with Gasteiger partial charge in [-0.3, -0.25) is 4.79 Å². The van der Waals surface area contributed by atoms with Crippen molar-refractivity contribution >= 4 is 28.9 Å². The van der Waals surface area contributed by atoms with Gasteiger partial charge in [0.05, 0.1) is 22.8 Å². The Labute approximate surface area is 120 Å². The molecular weight excluding hydrogens is 276 g/mol. The van der Waals surface area contributed by atoms with Gasteiger partial charge in [0.15, 0.2) is 0 Å². The number of amides is 1. The van der Waals surface area contributed by atoms with Gasteiger partial charge in [-0.05, 0) is 24.3 Å². The molecule has 0 spiro atoms. The molecule has 2 aromatic rings. The highest BCUT2D eigenvalue weighted by atomic mass is 35.5. The second kappa shape index (κ2) is 4.98. The topological polar surface area (TPSA) is 52.9 Å². The van der Waals surface area contributed by atoms with E-state index in [1.54, 1.807) is 18.2 Å². The molecule has 0 bridgehead atoms. The summed E-state index contributed by atoms with van der Waals surface area (Å²) in [5.41, 5.74) is 1.71. The molecule has 1 N–H and O–H groups in total. The minimum Gasteiger partial charge on any atom is -0.506 e. The number of aromatic hydroxyl groups is 1. The van der Waals surface area contributed by atoms with Crippen LogP contribution in [-0.4, -0.2) is 16.7 Å². The van der Waals surface area contributed by atoms with E-state index < -0.39 is 0 Å². The lowest BCUT2D eigenvalue weighted by Crippen LogP contribution is -2.19. The van der Waals surface area contributed by atoms with E-state index in [4.69, 9.17) is 11.6 Å². The molecule has 0 aliphatic carbocycles. The van der Waals surface area contributed by atoms with Crippen LogP contribution in [0, 0.1) is 0 Å². The van der Waals surface area contributed by atoms with Crippen LogP contribution in [0.25, 0.3) is 0 Å². The Morgan fingerprint density at radius 3 is 2.60 bits per heavy atom. The van der Waals surface area contributed by atoms with Gasteiger partial charge in [0.2, 0.25) is 0 Å². The number of phenols is 1. The zero-order valence-corrected chi connectivity index (χ0v) is 11.2. The smallest absolute Gasteiger partial charge is 0.253 e. The minimum absolute atomic E-state index is 0.0457. The van der Waals surface area contributed by atoms with Gasteiger partial charge in [-0.25, -0.2) is 5.01 Å². The quantitative estimate of drug-likeness (QED) is 0.922. The van der Waals surface area contributed by atoms with Crippen LogP contribution in [0.15, 0.2) is 53.6 Å². The number of phenolic OH excluding ortho intramolecular Hbond substituents is 1. The zero-order chi connectivity index (χ0) is 14.1. The number of rotatable bonds is 2. The summed E-state index contributed by atoms with van der Waals surface area (Å²) >= 11 is 5.88. The molecule has 0 fully saturated rings. The molecule has 0 unspecified atom stereocenters. The summed E-state index contributed by atoms with van der Waals surface area (Å²) in [6.45, 7) is 0. The lowest BCUT2D eigenvalue weighted by atomic mass is 10.1. The fraction of sp³-hybridized carbons (Fsp3) is 0.0667. The lowest BCUT2D eigenvalue weighted by molar-refractivity contribution is -0.116. The van der Waals surface area contributed by atoms with Crippen molar-refractivity contribution in [1.29, 1.82) is 0 Å². The molecule has 0 saturated heterocycles. The standard InChI is InChI=1S/C15H11ClN2O2/c16-12-8-4-7-11(15(12)20)13-9-14(19)18(17-13)10-5-2-1-3-6-10/h1-8,20H,9H2. The molecule has 0 atom stereocenters. The second-order valence-electron chi connectivity index (χ2n) is 4.40. The average Bonchev–Trinajstić information content (AvgIpc) is 2.85. The van der Waals surface area contributed by atoms with Crippen molar-refractivity contribution in [2.45, 2.75) is 6.42 Å². The largest absolute Gasteiger partial charge is 0.506 e. The Morgan fingerprint density at radius 2 is 1.85 bits per heavy atom. The monoisotopic (exact) mass is 286 g/mol. The van der Waals surface area contributed by atoms with E-state index in [0.29, 0.717) is 17.0 Å². The van der Waals surface area contributed by atoms with E-state index in [0.717, 1.165) is 0 Å². The number of halogens is 1. The highest BCUT2D eigenvalue weighted by molar-refractivity contribution is 6.33. The van der Waals surface area contributed by atoms with Crippen LogP contribution >= 0.6 is 11.6 Å². The van der Waals surface area contributed by atoms with Crippen molar-refractivity contribution in [3.63, 3.8) is 0 Å². The number of hydrogen-bond donors (Lipinski definition) is 1. The summed E-state index contributed by atoms with van der Waals surface area (Å²) in [6.07, 6.45) is 0.142. The SMILES string of the molecule is O=C1CC(c2cccc(Cl)c2O)=NN1c1ccccc1. The molecule has 2 aromatic carbocycles. The molecule has 0 aromatic heterocycles. The van der Waals surface area contributed by atoms with Gasteiger partial charge < -0.3 is 5.11 Å². The summed E-state index contributed by atoms with van der Waals surface area (Å²) < 4.78 is 0. The average molecular weight is 287 g/mol. The van der Waals surface area contributed by atoms with E-state index in [1.165, 1.54) is 5.01 Å². The van der Waals surface area contributed by atoms with Crippen molar-refractivity contribution in [3.05, 3.63) is 59.1 Å². The van der Waals surface area contributed by atoms with E-state index in [-0.39, 0.29) is 23.1 Å². The molecule has 20 heavy (non-hydrogen) atoms. The molecule has 0 radical (unpaired) electrons. The van der Waals surface area contributed by atoms with Gasteiger partial charge in [-0.15, -0.1) is 0 Å². The molecule has 5 heteroatoms. The Bertz CT molecular complexity index is 698. The van der Waals surface area contributed by atoms with E-state index in [9.17, 15) is 9.90 Å². The van der Waals surface area contributed by atoms with Gasteiger partial charge >= 0.3 is 0 Å². The lowest BCUT2D eigenvalue weighted by Gasteiger charge is -2.10. The first-order valence-corrected chi connectivity index (χ1v) is 6.48. The van der Waals surface area contributed by atoms with Crippen LogP contribution < -0.4 is 5.01 Å². The van der Waals surface area contributed by atoms with Crippen molar-refractivity contribution < 1.29 is 9.90 Å². The summed E-state index contributed by atoms with van der Waals surface area (Å²) in [5.74, 6) is -0.179. The zero-order valence-electron chi connectivity index (χ0n) is 10.5. The molecule has 1 aliphatic heterocycles. The van der Waals surface area contributed by atoms with Crippen LogP contribution in [0.4, 0.5) is 5.69 Å². The molecular formula is C15H11ClN2O2. The van der Waals surface area contributed by atoms with Crippen LogP contribution in [-0.2, 0) is 4.79 Å². The number of hydrogen-bond acceptors (Lipinski definition) is 3. The van der Waals surface area contributed by atoms with Crippen molar-refractivity contribution in [2.24, 2.45) is 5.10 Å². The predicted molar refractivity (Wildman–Crippen MR) is 78.2 cm³/mol. The molecule has 1 amide bonds. The third-order valence-electron chi connectivity index (χ3n) is 3.07. The van der Waals surface area contributed by atoms with E-state index >= 15 is 0 Å².